The number of benzene rings is 4. The molecule has 0 bridgehead atoms. The van der Waals surface area contributed by atoms with Gasteiger partial charge in [0.25, 0.3) is 0 Å². The van der Waals surface area contributed by atoms with E-state index >= 15 is 0 Å². The predicted molar refractivity (Wildman–Crippen MR) is 106 cm³/mol. The van der Waals surface area contributed by atoms with E-state index in [1.165, 1.54) is 38.3 Å². The SMILES string of the molecule is Brc1ccc2ccc3c(c2c1)c1ccccc1n3-c1ccccc1. The number of aromatic nitrogens is 1. The Hall–Kier alpha value is -2.58. The van der Waals surface area contributed by atoms with Crippen molar-refractivity contribution in [3.8, 4) is 5.69 Å². The van der Waals surface area contributed by atoms with Crippen LogP contribution >= 0.6 is 15.9 Å². The summed E-state index contributed by atoms with van der Waals surface area (Å²) in [6, 6.07) is 30.2. The number of hydrogen-bond donors (Lipinski definition) is 0. The molecule has 1 nitrogen and oxygen atoms in total. The van der Waals surface area contributed by atoms with Crippen molar-refractivity contribution in [2.75, 3.05) is 0 Å². The molecule has 1 heterocycles. The van der Waals surface area contributed by atoms with Crippen molar-refractivity contribution in [3.63, 3.8) is 0 Å². The van der Waals surface area contributed by atoms with Crippen molar-refractivity contribution in [3.05, 3.63) is 89.4 Å². The maximum absolute atomic E-state index is 3.63. The summed E-state index contributed by atoms with van der Waals surface area (Å²) >= 11 is 3.63. The number of hydrogen-bond acceptors (Lipinski definition) is 0. The lowest BCUT2D eigenvalue weighted by atomic mass is 10.0. The second-order valence-corrected chi connectivity index (χ2v) is 6.93. The summed E-state index contributed by atoms with van der Waals surface area (Å²) in [5.41, 5.74) is 3.68. The summed E-state index contributed by atoms with van der Waals surface area (Å²) in [6.07, 6.45) is 0. The Balaban J connectivity index is 2.06. The highest BCUT2D eigenvalue weighted by Gasteiger charge is 2.14. The minimum atomic E-state index is 1.11. The van der Waals surface area contributed by atoms with E-state index in [-0.39, 0.29) is 0 Å². The molecule has 0 aliphatic carbocycles. The molecular formula is C22H14BrN. The van der Waals surface area contributed by atoms with Gasteiger partial charge in [-0.3, -0.25) is 0 Å². The predicted octanol–water partition coefficient (Wildman–Crippen LogP) is 6.70. The second kappa shape index (κ2) is 5.22. The quantitative estimate of drug-likeness (QED) is 0.309. The van der Waals surface area contributed by atoms with Crippen LogP contribution in [0.2, 0.25) is 0 Å². The van der Waals surface area contributed by atoms with Crippen LogP contribution in [0.4, 0.5) is 0 Å². The van der Waals surface area contributed by atoms with Crippen LogP contribution in [0.3, 0.4) is 0 Å². The van der Waals surface area contributed by atoms with Gasteiger partial charge in [0.2, 0.25) is 0 Å². The first-order valence-electron chi connectivity index (χ1n) is 8.00. The van der Waals surface area contributed by atoms with Gasteiger partial charge >= 0.3 is 0 Å². The van der Waals surface area contributed by atoms with Crippen molar-refractivity contribution in [2.45, 2.75) is 0 Å². The van der Waals surface area contributed by atoms with Crippen LogP contribution in [0.5, 0.6) is 0 Å². The molecule has 2 heteroatoms. The van der Waals surface area contributed by atoms with Crippen molar-refractivity contribution in [2.24, 2.45) is 0 Å². The first-order valence-corrected chi connectivity index (χ1v) is 8.79. The average molecular weight is 372 g/mol. The third-order valence-electron chi connectivity index (χ3n) is 4.63. The minimum absolute atomic E-state index is 1.11. The fourth-order valence-electron chi connectivity index (χ4n) is 3.61. The summed E-state index contributed by atoms with van der Waals surface area (Å²) < 4.78 is 3.46. The molecule has 0 radical (unpaired) electrons. The van der Waals surface area contributed by atoms with Crippen molar-refractivity contribution in [1.29, 1.82) is 0 Å². The van der Waals surface area contributed by atoms with Gasteiger partial charge in [0, 0.05) is 20.9 Å². The second-order valence-electron chi connectivity index (χ2n) is 6.01. The molecule has 0 saturated carbocycles. The molecule has 0 fully saturated rings. The first-order chi connectivity index (χ1) is 11.8. The van der Waals surface area contributed by atoms with Crippen LogP contribution in [0.1, 0.15) is 0 Å². The largest absolute Gasteiger partial charge is 0.309 e. The molecule has 0 unspecified atom stereocenters. The Labute approximate surface area is 148 Å². The Morgan fingerprint density at radius 2 is 1.38 bits per heavy atom. The topological polar surface area (TPSA) is 4.93 Å². The molecule has 24 heavy (non-hydrogen) atoms. The van der Waals surface area contributed by atoms with Crippen molar-refractivity contribution >= 4 is 48.5 Å². The van der Waals surface area contributed by atoms with E-state index in [1.807, 2.05) is 0 Å². The zero-order chi connectivity index (χ0) is 16.1. The number of para-hydroxylation sites is 2. The lowest BCUT2D eigenvalue weighted by Gasteiger charge is -2.08. The Morgan fingerprint density at radius 1 is 0.625 bits per heavy atom. The van der Waals surface area contributed by atoms with Gasteiger partial charge < -0.3 is 4.57 Å². The molecule has 0 aliphatic rings. The molecule has 4 aromatic carbocycles. The molecule has 0 aliphatic heterocycles. The van der Waals surface area contributed by atoms with Gasteiger partial charge in [0.1, 0.15) is 0 Å². The standard InChI is InChI=1S/C22H14BrN/c23-16-12-10-15-11-13-21-22(19(15)14-16)18-8-4-5-9-20(18)24(21)17-6-2-1-3-7-17/h1-14H. The van der Waals surface area contributed by atoms with Gasteiger partial charge in [-0.15, -0.1) is 0 Å². The third kappa shape index (κ3) is 1.93. The van der Waals surface area contributed by atoms with Crippen LogP contribution < -0.4 is 0 Å². The molecule has 0 atom stereocenters. The molecule has 114 valence electrons. The molecular weight excluding hydrogens is 358 g/mol. The molecule has 5 aromatic rings. The molecule has 0 N–H and O–H groups in total. The first kappa shape index (κ1) is 13.8. The van der Waals surface area contributed by atoms with Crippen molar-refractivity contribution < 1.29 is 0 Å². The Kier molecular flexibility index (Phi) is 3.00. The number of fused-ring (bicyclic) bond motifs is 5. The van der Waals surface area contributed by atoms with E-state index in [2.05, 4.69) is 105 Å². The maximum Gasteiger partial charge on any atom is 0.0547 e. The molecule has 1 aromatic heterocycles. The van der Waals surface area contributed by atoms with Crippen LogP contribution in [0.25, 0.3) is 38.3 Å². The molecule has 5 rings (SSSR count). The van der Waals surface area contributed by atoms with Gasteiger partial charge in [-0.2, -0.15) is 0 Å². The molecule has 0 saturated heterocycles. The highest BCUT2D eigenvalue weighted by Crippen LogP contribution is 2.37. The maximum atomic E-state index is 3.63. The molecule has 0 spiro atoms. The number of nitrogens with zero attached hydrogens (tertiary/aromatic N) is 1. The monoisotopic (exact) mass is 371 g/mol. The zero-order valence-electron chi connectivity index (χ0n) is 12.9. The fraction of sp³-hybridized carbons (Fsp3) is 0. The summed E-state index contributed by atoms with van der Waals surface area (Å²) in [7, 11) is 0. The summed E-state index contributed by atoms with van der Waals surface area (Å²) in [6.45, 7) is 0. The normalized spacial score (nSPS) is 11.5. The van der Waals surface area contributed by atoms with Crippen LogP contribution in [0, 0.1) is 0 Å². The highest BCUT2D eigenvalue weighted by molar-refractivity contribution is 9.10. The highest BCUT2D eigenvalue weighted by atomic mass is 79.9. The van der Waals surface area contributed by atoms with E-state index in [0.717, 1.165) is 4.47 Å². The van der Waals surface area contributed by atoms with Crippen LogP contribution in [-0.4, -0.2) is 4.57 Å². The van der Waals surface area contributed by atoms with E-state index in [0.29, 0.717) is 0 Å². The molecule has 0 amide bonds. The van der Waals surface area contributed by atoms with E-state index in [4.69, 9.17) is 0 Å². The third-order valence-corrected chi connectivity index (χ3v) is 5.12. The lowest BCUT2D eigenvalue weighted by molar-refractivity contribution is 1.18. The van der Waals surface area contributed by atoms with E-state index in [9.17, 15) is 0 Å². The number of rotatable bonds is 1. The van der Waals surface area contributed by atoms with Gasteiger partial charge in [-0.05, 0) is 47.2 Å². The van der Waals surface area contributed by atoms with Crippen LogP contribution in [-0.2, 0) is 0 Å². The van der Waals surface area contributed by atoms with Gasteiger partial charge in [0.05, 0.1) is 11.0 Å². The zero-order valence-corrected chi connectivity index (χ0v) is 14.5. The van der Waals surface area contributed by atoms with E-state index in [1.54, 1.807) is 0 Å². The van der Waals surface area contributed by atoms with Gasteiger partial charge in [0.15, 0.2) is 0 Å². The summed E-state index contributed by atoms with van der Waals surface area (Å²) in [5.74, 6) is 0. The van der Waals surface area contributed by atoms with E-state index < -0.39 is 0 Å². The summed E-state index contributed by atoms with van der Waals surface area (Å²) in [5, 5.41) is 5.16. The van der Waals surface area contributed by atoms with Crippen LogP contribution in [0.15, 0.2) is 89.4 Å². The smallest absolute Gasteiger partial charge is 0.0547 e. The Morgan fingerprint density at radius 3 is 2.25 bits per heavy atom. The fourth-order valence-corrected chi connectivity index (χ4v) is 3.98. The Bertz CT molecular complexity index is 1200. The van der Waals surface area contributed by atoms with Gasteiger partial charge in [-0.1, -0.05) is 64.5 Å². The van der Waals surface area contributed by atoms with Crippen molar-refractivity contribution in [1.82, 2.24) is 4.57 Å². The summed E-state index contributed by atoms with van der Waals surface area (Å²) in [4.78, 5) is 0. The average Bonchev–Trinajstić information content (AvgIpc) is 2.97. The van der Waals surface area contributed by atoms with Gasteiger partial charge in [-0.25, -0.2) is 0 Å². The minimum Gasteiger partial charge on any atom is -0.309 e. The lowest BCUT2D eigenvalue weighted by Crippen LogP contribution is -1.92. The number of halogens is 1.